The Morgan fingerprint density at radius 1 is 1.11 bits per heavy atom. The van der Waals surface area contributed by atoms with Crippen LogP contribution in [0.1, 0.15) is 48.5 Å². The molecule has 0 fully saturated rings. The highest BCUT2D eigenvalue weighted by Crippen LogP contribution is 2.14. The van der Waals surface area contributed by atoms with Crippen LogP contribution in [0.25, 0.3) is 0 Å². The molecule has 2 aromatic rings. The summed E-state index contributed by atoms with van der Waals surface area (Å²) in [5.74, 6) is -0.243. The van der Waals surface area contributed by atoms with E-state index < -0.39 is 0 Å². The summed E-state index contributed by atoms with van der Waals surface area (Å²) < 4.78 is 18.5. The van der Waals surface area contributed by atoms with Gasteiger partial charge in [0.25, 0.3) is 5.91 Å². The molecule has 0 aliphatic rings. The van der Waals surface area contributed by atoms with Crippen molar-refractivity contribution in [2.45, 2.75) is 39.2 Å². The van der Waals surface area contributed by atoms with Crippen molar-refractivity contribution in [1.82, 2.24) is 15.6 Å². The Balaban J connectivity index is 1.67. The summed E-state index contributed by atoms with van der Waals surface area (Å²) >= 11 is 0. The number of benzene rings is 1. The van der Waals surface area contributed by atoms with Gasteiger partial charge in [-0.05, 0) is 43.2 Å². The Hall–Kier alpha value is -2.96. The molecular weight excluding hydrogens is 361 g/mol. The molecule has 0 aliphatic carbocycles. The summed E-state index contributed by atoms with van der Waals surface area (Å²) in [7, 11) is 0. The Bertz CT molecular complexity index is 766. The number of hydrogen-bond acceptors (Lipinski definition) is 4. The zero-order valence-electron chi connectivity index (χ0n) is 16.0. The summed E-state index contributed by atoms with van der Waals surface area (Å²) in [5, 5.41) is 5.56. The second kappa shape index (κ2) is 11.7. The minimum Gasteiger partial charge on any atom is -0.477 e. The molecule has 0 bridgehead atoms. The number of ether oxygens (including phenoxy) is 1. The number of pyridine rings is 1. The van der Waals surface area contributed by atoms with Crippen LogP contribution in [0.4, 0.5) is 4.39 Å². The van der Waals surface area contributed by atoms with Crippen molar-refractivity contribution < 1.29 is 18.7 Å². The average molecular weight is 387 g/mol. The largest absolute Gasteiger partial charge is 0.477 e. The molecule has 1 heterocycles. The van der Waals surface area contributed by atoms with Crippen LogP contribution in [-0.4, -0.2) is 29.9 Å². The van der Waals surface area contributed by atoms with E-state index in [2.05, 4.69) is 22.5 Å². The van der Waals surface area contributed by atoms with Gasteiger partial charge in [-0.15, -0.1) is 0 Å². The molecule has 0 atom stereocenters. The highest BCUT2D eigenvalue weighted by molar-refractivity contribution is 5.94. The highest BCUT2D eigenvalue weighted by atomic mass is 19.1. The average Bonchev–Trinajstić information content (AvgIpc) is 2.71. The van der Waals surface area contributed by atoms with Crippen molar-refractivity contribution in [1.29, 1.82) is 0 Å². The Morgan fingerprint density at radius 2 is 1.89 bits per heavy atom. The first-order valence-corrected chi connectivity index (χ1v) is 9.47. The zero-order chi connectivity index (χ0) is 20.2. The molecule has 2 rings (SSSR count). The number of nitrogens with zero attached hydrogens (tertiary/aromatic N) is 1. The topological polar surface area (TPSA) is 80.3 Å². The minimum atomic E-state index is -0.388. The van der Waals surface area contributed by atoms with Crippen molar-refractivity contribution >= 4 is 11.8 Å². The number of halogens is 1. The third kappa shape index (κ3) is 7.34. The third-order valence-electron chi connectivity index (χ3n) is 4.04. The summed E-state index contributed by atoms with van der Waals surface area (Å²) in [6.45, 7) is 3.39. The third-order valence-corrected chi connectivity index (χ3v) is 4.04. The first-order chi connectivity index (χ1) is 13.6. The van der Waals surface area contributed by atoms with E-state index in [-0.39, 0.29) is 24.1 Å². The van der Waals surface area contributed by atoms with Gasteiger partial charge in [-0.1, -0.05) is 19.4 Å². The van der Waals surface area contributed by atoms with Crippen molar-refractivity contribution in [2.24, 2.45) is 0 Å². The molecule has 0 aliphatic heterocycles. The molecule has 0 spiro atoms. The van der Waals surface area contributed by atoms with Gasteiger partial charge in [-0.3, -0.25) is 9.59 Å². The van der Waals surface area contributed by atoms with Crippen LogP contribution in [-0.2, 0) is 11.3 Å². The summed E-state index contributed by atoms with van der Waals surface area (Å²) in [5.41, 5.74) is 1.22. The van der Waals surface area contributed by atoms with Gasteiger partial charge in [0.2, 0.25) is 11.8 Å². The molecule has 1 aromatic heterocycles. The van der Waals surface area contributed by atoms with E-state index >= 15 is 0 Å². The second-order valence-electron chi connectivity index (χ2n) is 6.31. The SMILES string of the molecule is CCCCOc1ncccc1CNC(=O)CCCNC(=O)c1ccc(F)cc1. The highest BCUT2D eigenvalue weighted by Gasteiger charge is 2.08. The number of hydrogen-bond donors (Lipinski definition) is 2. The molecule has 1 aromatic carbocycles. The van der Waals surface area contributed by atoms with Crippen LogP contribution in [0.3, 0.4) is 0 Å². The number of amides is 2. The zero-order valence-corrected chi connectivity index (χ0v) is 16.0. The Kier molecular flexibility index (Phi) is 8.91. The standard InChI is InChI=1S/C21H26FN3O3/c1-2-3-14-28-21-17(6-4-13-24-21)15-25-19(26)7-5-12-23-20(27)16-8-10-18(22)11-9-16/h4,6,8-11,13H,2-3,5,7,12,14-15H2,1H3,(H,23,27)(H,25,26). The van der Waals surface area contributed by atoms with Crippen LogP contribution in [0, 0.1) is 5.82 Å². The molecule has 7 heteroatoms. The van der Waals surface area contributed by atoms with Crippen LogP contribution in [0.2, 0.25) is 0 Å². The number of unbranched alkanes of at least 4 members (excludes halogenated alkanes) is 1. The van der Waals surface area contributed by atoms with Gasteiger partial charge < -0.3 is 15.4 Å². The fraction of sp³-hybridized carbons (Fsp3) is 0.381. The number of carbonyl (C=O) groups is 2. The monoisotopic (exact) mass is 387 g/mol. The van der Waals surface area contributed by atoms with Crippen molar-refractivity contribution in [2.75, 3.05) is 13.2 Å². The first kappa shape index (κ1) is 21.3. The summed E-state index contributed by atoms with van der Waals surface area (Å²) in [6, 6.07) is 9.00. The number of rotatable bonds is 11. The van der Waals surface area contributed by atoms with E-state index in [1.165, 1.54) is 24.3 Å². The van der Waals surface area contributed by atoms with Crippen LogP contribution >= 0.6 is 0 Å². The molecule has 2 amide bonds. The lowest BCUT2D eigenvalue weighted by atomic mass is 10.2. The Morgan fingerprint density at radius 3 is 2.64 bits per heavy atom. The second-order valence-corrected chi connectivity index (χ2v) is 6.31. The van der Waals surface area contributed by atoms with E-state index in [0.29, 0.717) is 37.6 Å². The van der Waals surface area contributed by atoms with Gasteiger partial charge in [0.15, 0.2) is 0 Å². The fourth-order valence-corrected chi connectivity index (χ4v) is 2.44. The lowest BCUT2D eigenvalue weighted by Gasteiger charge is -2.11. The number of aromatic nitrogens is 1. The molecule has 28 heavy (non-hydrogen) atoms. The van der Waals surface area contributed by atoms with Gasteiger partial charge in [0.1, 0.15) is 5.82 Å². The van der Waals surface area contributed by atoms with Gasteiger partial charge >= 0.3 is 0 Å². The van der Waals surface area contributed by atoms with Gasteiger partial charge in [0.05, 0.1) is 6.61 Å². The summed E-state index contributed by atoms with van der Waals surface area (Å²) in [4.78, 5) is 28.1. The normalized spacial score (nSPS) is 10.4. The predicted octanol–water partition coefficient (Wildman–Crippen LogP) is 3.23. The molecule has 0 saturated carbocycles. The quantitative estimate of drug-likeness (QED) is 0.580. The maximum absolute atomic E-state index is 12.9. The maximum atomic E-state index is 12.9. The van der Waals surface area contributed by atoms with Crippen LogP contribution in [0.15, 0.2) is 42.6 Å². The lowest BCUT2D eigenvalue weighted by Crippen LogP contribution is -2.27. The molecule has 0 saturated heterocycles. The molecular formula is C21H26FN3O3. The van der Waals surface area contributed by atoms with E-state index in [9.17, 15) is 14.0 Å². The van der Waals surface area contributed by atoms with E-state index in [1.807, 2.05) is 6.07 Å². The maximum Gasteiger partial charge on any atom is 0.251 e. The number of nitrogens with one attached hydrogen (secondary N) is 2. The predicted molar refractivity (Wildman–Crippen MR) is 104 cm³/mol. The van der Waals surface area contributed by atoms with Crippen molar-refractivity contribution in [3.05, 3.63) is 59.5 Å². The van der Waals surface area contributed by atoms with E-state index in [0.717, 1.165) is 18.4 Å². The minimum absolute atomic E-state index is 0.112. The molecule has 2 N–H and O–H groups in total. The molecule has 0 radical (unpaired) electrons. The van der Waals surface area contributed by atoms with Crippen LogP contribution < -0.4 is 15.4 Å². The Labute approximate surface area is 164 Å². The van der Waals surface area contributed by atoms with Gasteiger partial charge in [-0.25, -0.2) is 9.37 Å². The van der Waals surface area contributed by atoms with Gasteiger partial charge in [-0.2, -0.15) is 0 Å². The fourth-order valence-electron chi connectivity index (χ4n) is 2.44. The summed E-state index contributed by atoms with van der Waals surface area (Å²) in [6.07, 6.45) is 4.45. The van der Waals surface area contributed by atoms with Gasteiger partial charge in [0, 0.05) is 36.8 Å². The van der Waals surface area contributed by atoms with Crippen LogP contribution in [0.5, 0.6) is 5.88 Å². The molecule has 150 valence electrons. The van der Waals surface area contributed by atoms with E-state index in [1.54, 1.807) is 12.3 Å². The lowest BCUT2D eigenvalue weighted by molar-refractivity contribution is -0.121. The van der Waals surface area contributed by atoms with Crippen molar-refractivity contribution in [3.63, 3.8) is 0 Å². The molecule has 6 nitrogen and oxygen atoms in total. The molecule has 0 unspecified atom stereocenters. The van der Waals surface area contributed by atoms with E-state index in [4.69, 9.17) is 4.74 Å². The van der Waals surface area contributed by atoms with Crippen molar-refractivity contribution in [3.8, 4) is 5.88 Å². The first-order valence-electron chi connectivity index (χ1n) is 9.47. The number of carbonyl (C=O) groups excluding carboxylic acids is 2. The smallest absolute Gasteiger partial charge is 0.251 e.